The highest BCUT2D eigenvalue weighted by molar-refractivity contribution is 5.90. The first-order valence-corrected chi connectivity index (χ1v) is 7.47. The molecule has 1 aliphatic rings. The molecule has 0 saturated carbocycles. The molecule has 1 amide bonds. The highest BCUT2D eigenvalue weighted by Gasteiger charge is 2.34. The van der Waals surface area contributed by atoms with Crippen LogP contribution in [0, 0.1) is 13.8 Å². The summed E-state index contributed by atoms with van der Waals surface area (Å²) in [5.74, 6) is -1.07. The lowest BCUT2D eigenvalue weighted by Crippen LogP contribution is -2.41. The Kier molecular flexibility index (Phi) is 3.64. The van der Waals surface area contributed by atoms with Crippen LogP contribution in [0.2, 0.25) is 0 Å². The zero-order chi connectivity index (χ0) is 15.9. The quantitative estimate of drug-likeness (QED) is 0.946. The van der Waals surface area contributed by atoms with Crippen molar-refractivity contribution in [1.82, 2.24) is 4.90 Å². The van der Waals surface area contributed by atoms with E-state index >= 15 is 0 Å². The van der Waals surface area contributed by atoms with Crippen LogP contribution < -0.4 is 0 Å². The third kappa shape index (κ3) is 2.47. The van der Waals surface area contributed by atoms with Crippen molar-refractivity contribution in [3.05, 3.63) is 35.1 Å². The van der Waals surface area contributed by atoms with E-state index in [2.05, 4.69) is 0 Å². The molecule has 5 nitrogen and oxygen atoms in total. The number of benzene rings is 1. The van der Waals surface area contributed by atoms with Gasteiger partial charge >= 0.3 is 5.97 Å². The van der Waals surface area contributed by atoms with E-state index < -0.39 is 12.0 Å². The molecule has 1 fully saturated rings. The lowest BCUT2D eigenvalue weighted by molar-refractivity contribution is -0.147. The van der Waals surface area contributed by atoms with E-state index in [1.807, 2.05) is 26.0 Å². The van der Waals surface area contributed by atoms with E-state index in [4.69, 9.17) is 4.42 Å². The van der Waals surface area contributed by atoms with Gasteiger partial charge in [0.2, 0.25) is 5.91 Å². The third-order valence-electron chi connectivity index (χ3n) is 4.47. The molecule has 2 aromatic rings. The second-order valence-corrected chi connectivity index (χ2v) is 5.95. The van der Waals surface area contributed by atoms with Crippen molar-refractivity contribution < 1.29 is 19.1 Å². The summed E-state index contributed by atoms with van der Waals surface area (Å²) in [4.78, 5) is 25.1. The fourth-order valence-corrected chi connectivity index (χ4v) is 3.06. The monoisotopic (exact) mass is 301 g/mol. The van der Waals surface area contributed by atoms with Gasteiger partial charge in [-0.2, -0.15) is 0 Å². The molecule has 0 bridgehead atoms. The fourth-order valence-electron chi connectivity index (χ4n) is 3.06. The highest BCUT2D eigenvalue weighted by Crippen LogP contribution is 2.26. The number of fused-ring (bicyclic) bond motifs is 1. The Balaban J connectivity index is 1.85. The van der Waals surface area contributed by atoms with Crippen molar-refractivity contribution in [3.8, 4) is 0 Å². The summed E-state index contributed by atoms with van der Waals surface area (Å²) in [7, 11) is 0. The predicted molar refractivity (Wildman–Crippen MR) is 81.8 cm³/mol. The molecular formula is C17H19NO4. The molecule has 22 heavy (non-hydrogen) atoms. The first kappa shape index (κ1) is 14.6. The molecule has 1 atom stereocenters. The number of nitrogens with zero attached hydrogens (tertiary/aromatic N) is 1. The second-order valence-electron chi connectivity index (χ2n) is 5.95. The Bertz CT molecular complexity index is 746. The molecule has 1 aromatic carbocycles. The zero-order valence-corrected chi connectivity index (χ0v) is 12.8. The number of rotatable bonds is 3. The molecule has 0 spiro atoms. The minimum Gasteiger partial charge on any atom is -0.480 e. The largest absolute Gasteiger partial charge is 0.480 e. The van der Waals surface area contributed by atoms with Crippen molar-refractivity contribution in [1.29, 1.82) is 0 Å². The Labute approximate surface area is 128 Å². The predicted octanol–water partition coefficient (Wildman–Crippen LogP) is 2.67. The van der Waals surface area contributed by atoms with Gasteiger partial charge in [0.15, 0.2) is 0 Å². The summed E-state index contributed by atoms with van der Waals surface area (Å²) in [5.41, 5.74) is 3.87. The summed E-state index contributed by atoms with van der Waals surface area (Å²) in [6.45, 7) is 4.56. The molecule has 0 aliphatic carbocycles. The van der Waals surface area contributed by atoms with E-state index in [1.54, 1.807) is 6.26 Å². The van der Waals surface area contributed by atoms with Crippen molar-refractivity contribution in [2.24, 2.45) is 0 Å². The van der Waals surface area contributed by atoms with E-state index in [-0.39, 0.29) is 12.3 Å². The van der Waals surface area contributed by atoms with Gasteiger partial charge in [0.05, 0.1) is 12.7 Å². The first-order chi connectivity index (χ1) is 10.5. The van der Waals surface area contributed by atoms with Gasteiger partial charge in [-0.05, 0) is 49.9 Å². The number of carboxylic acids is 1. The minimum atomic E-state index is -0.922. The molecule has 1 saturated heterocycles. The average Bonchev–Trinajstić information content (AvgIpc) is 3.08. The lowest BCUT2D eigenvalue weighted by atomic mass is 10.0. The minimum absolute atomic E-state index is 0.147. The van der Waals surface area contributed by atoms with Crippen LogP contribution in [0.15, 0.2) is 22.8 Å². The summed E-state index contributed by atoms with van der Waals surface area (Å²) < 4.78 is 5.54. The number of hydrogen-bond donors (Lipinski definition) is 1. The molecule has 5 heteroatoms. The smallest absolute Gasteiger partial charge is 0.326 e. The molecule has 116 valence electrons. The van der Waals surface area contributed by atoms with Crippen LogP contribution in [-0.2, 0) is 16.0 Å². The average molecular weight is 301 g/mol. The van der Waals surface area contributed by atoms with Crippen LogP contribution in [0.4, 0.5) is 0 Å². The maximum absolute atomic E-state index is 12.4. The number of furan rings is 1. The summed E-state index contributed by atoms with van der Waals surface area (Å²) >= 11 is 0. The first-order valence-electron chi connectivity index (χ1n) is 7.47. The van der Waals surface area contributed by atoms with Crippen LogP contribution in [0.3, 0.4) is 0 Å². The number of likely N-dealkylation sites (tertiary alicyclic amines) is 1. The van der Waals surface area contributed by atoms with Crippen molar-refractivity contribution in [2.45, 2.75) is 39.2 Å². The number of aryl methyl sites for hydroxylation is 2. The second kappa shape index (κ2) is 5.48. The van der Waals surface area contributed by atoms with Crippen LogP contribution in [0.1, 0.15) is 29.5 Å². The molecule has 2 heterocycles. The zero-order valence-electron chi connectivity index (χ0n) is 12.8. The van der Waals surface area contributed by atoms with Gasteiger partial charge in [0.1, 0.15) is 11.6 Å². The topological polar surface area (TPSA) is 70.8 Å². The van der Waals surface area contributed by atoms with Crippen LogP contribution in [-0.4, -0.2) is 34.5 Å². The number of carbonyl (C=O) groups is 2. The number of hydrogen-bond acceptors (Lipinski definition) is 3. The van der Waals surface area contributed by atoms with Crippen LogP contribution >= 0.6 is 0 Å². The normalized spacial score (nSPS) is 18.1. The SMILES string of the molecule is Cc1cc2occ(CC(=O)N3CCC[C@@H]3C(=O)O)c2cc1C. The number of amides is 1. The number of carboxylic acid groups (broad SMARTS) is 1. The number of aliphatic carboxylic acids is 1. The van der Waals surface area contributed by atoms with E-state index in [9.17, 15) is 14.7 Å². The fraction of sp³-hybridized carbons (Fsp3) is 0.412. The van der Waals surface area contributed by atoms with Gasteiger partial charge < -0.3 is 14.4 Å². The van der Waals surface area contributed by atoms with Crippen molar-refractivity contribution in [3.63, 3.8) is 0 Å². The molecule has 3 rings (SSSR count). The number of carbonyl (C=O) groups excluding carboxylic acids is 1. The Hall–Kier alpha value is -2.30. The lowest BCUT2D eigenvalue weighted by Gasteiger charge is -2.21. The molecule has 1 N–H and O–H groups in total. The van der Waals surface area contributed by atoms with Gasteiger partial charge in [0, 0.05) is 17.5 Å². The van der Waals surface area contributed by atoms with Crippen molar-refractivity contribution >= 4 is 22.8 Å². The Morgan fingerprint density at radius 1 is 1.32 bits per heavy atom. The maximum atomic E-state index is 12.4. The molecule has 0 unspecified atom stereocenters. The molecule has 0 radical (unpaired) electrons. The summed E-state index contributed by atoms with van der Waals surface area (Å²) in [5, 5.41) is 10.1. The van der Waals surface area contributed by atoms with Gasteiger partial charge in [-0.1, -0.05) is 0 Å². The van der Waals surface area contributed by atoms with Gasteiger partial charge in [-0.3, -0.25) is 4.79 Å². The third-order valence-corrected chi connectivity index (χ3v) is 4.47. The highest BCUT2D eigenvalue weighted by atomic mass is 16.4. The maximum Gasteiger partial charge on any atom is 0.326 e. The van der Waals surface area contributed by atoms with Gasteiger partial charge in [-0.15, -0.1) is 0 Å². The Morgan fingerprint density at radius 3 is 2.77 bits per heavy atom. The molecule has 1 aliphatic heterocycles. The molecular weight excluding hydrogens is 282 g/mol. The van der Waals surface area contributed by atoms with Gasteiger partial charge in [0.25, 0.3) is 0 Å². The van der Waals surface area contributed by atoms with Crippen LogP contribution in [0.5, 0.6) is 0 Å². The Morgan fingerprint density at radius 2 is 2.05 bits per heavy atom. The van der Waals surface area contributed by atoms with Gasteiger partial charge in [-0.25, -0.2) is 4.79 Å². The van der Waals surface area contributed by atoms with Crippen molar-refractivity contribution in [2.75, 3.05) is 6.54 Å². The van der Waals surface area contributed by atoms with E-state index in [0.717, 1.165) is 34.1 Å². The van der Waals surface area contributed by atoms with E-state index in [0.29, 0.717) is 13.0 Å². The molecule has 1 aromatic heterocycles. The standard InChI is InChI=1S/C17H19NO4/c1-10-6-13-12(9-22-15(13)7-11(10)2)8-16(19)18-5-3-4-14(18)17(20)21/h6-7,9,14H,3-5,8H2,1-2H3,(H,20,21)/t14-/m1/s1. The summed E-state index contributed by atoms with van der Waals surface area (Å²) in [6, 6.07) is 3.30. The van der Waals surface area contributed by atoms with Crippen LogP contribution in [0.25, 0.3) is 11.0 Å². The van der Waals surface area contributed by atoms with E-state index in [1.165, 1.54) is 4.90 Å². The summed E-state index contributed by atoms with van der Waals surface area (Å²) in [6.07, 6.45) is 3.06.